The largest absolute Gasteiger partial charge is 0.497 e. The summed E-state index contributed by atoms with van der Waals surface area (Å²) in [5.41, 5.74) is 0.896. The van der Waals surface area contributed by atoms with Crippen LogP contribution in [0.1, 0.15) is 31.9 Å². The van der Waals surface area contributed by atoms with Crippen molar-refractivity contribution in [3.63, 3.8) is 0 Å². The number of benzene rings is 4. The van der Waals surface area contributed by atoms with Crippen molar-refractivity contribution in [3.05, 3.63) is 125 Å². The van der Waals surface area contributed by atoms with E-state index in [4.69, 9.17) is 16.3 Å². The van der Waals surface area contributed by atoms with E-state index in [9.17, 15) is 22.4 Å². The molecule has 0 aliphatic carbocycles. The molecule has 11 heteroatoms. The Kier molecular flexibility index (Phi) is 11.1. The molecule has 0 saturated heterocycles. The predicted molar refractivity (Wildman–Crippen MR) is 178 cm³/mol. The van der Waals surface area contributed by atoms with Crippen molar-refractivity contribution >= 4 is 39.1 Å². The van der Waals surface area contributed by atoms with Gasteiger partial charge in [0.25, 0.3) is 10.0 Å². The molecule has 46 heavy (non-hydrogen) atoms. The summed E-state index contributed by atoms with van der Waals surface area (Å²) in [7, 11) is -2.84. The normalized spacial score (nSPS) is 12.2. The average Bonchev–Trinajstić information content (AvgIpc) is 3.02. The Labute approximate surface area is 274 Å². The fourth-order valence-corrected chi connectivity index (χ4v) is 6.42. The summed E-state index contributed by atoms with van der Waals surface area (Å²) in [6.07, 6.45) is 0.151. The summed E-state index contributed by atoms with van der Waals surface area (Å²) in [4.78, 5) is 29.7. The highest BCUT2D eigenvalue weighted by atomic mass is 35.5. The standard InChI is InChI=1S/C35H37ClFN3O5S/c1-35(2,3)38-34(42)32(21-25-9-6-5-7-10-25)39(23-26-13-15-28(37)16-14-26)33(41)24-40(29-12-8-11-27(36)22-29)46(43,44)31-19-17-30(45-4)18-20-31/h5-20,22,32H,21,23-24H2,1-4H3,(H,38,42)/t32-/m1/s1. The number of carbonyl (C=O) groups is 2. The Hall–Kier alpha value is -4.41. The number of halogens is 2. The van der Waals surface area contributed by atoms with E-state index in [0.29, 0.717) is 11.3 Å². The van der Waals surface area contributed by atoms with Crippen molar-refractivity contribution in [2.24, 2.45) is 0 Å². The minimum absolute atomic E-state index is 0.0718. The lowest BCUT2D eigenvalue weighted by Gasteiger charge is -2.35. The molecule has 0 fully saturated rings. The number of rotatable bonds is 12. The minimum atomic E-state index is -4.32. The second-order valence-corrected chi connectivity index (χ2v) is 14.1. The molecule has 0 aromatic heterocycles. The first-order valence-electron chi connectivity index (χ1n) is 14.6. The molecule has 0 spiro atoms. The molecule has 0 unspecified atom stereocenters. The zero-order chi connectivity index (χ0) is 33.5. The highest BCUT2D eigenvalue weighted by molar-refractivity contribution is 7.92. The van der Waals surface area contributed by atoms with Gasteiger partial charge in [0.1, 0.15) is 24.2 Å². The quantitative estimate of drug-likeness (QED) is 0.193. The average molecular weight is 666 g/mol. The lowest BCUT2D eigenvalue weighted by molar-refractivity contribution is -0.140. The zero-order valence-corrected chi connectivity index (χ0v) is 27.7. The first-order chi connectivity index (χ1) is 21.8. The van der Waals surface area contributed by atoms with Gasteiger partial charge in [-0.3, -0.25) is 13.9 Å². The van der Waals surface area contributed by atoms with E-state index in [0.717, 1.165) is 9.87 Å². The Morgan fingerprint density at radius 2 is 1.54 bits per heavy atom. The summed E-state index contributed by atoms with van der Waals surface area (Å²) < 4.78 is 48.3. The molecule has 4 rings (SSSR count). The Bertz CT molecular complexity index is 1750. The molecule has 0 aliphatic rings. The van der Waals surface area contributed by atoms with Crippen molar-refractivity contribution in [1.29, 1.82) is 0 Å². The minimum Gasteiger partial charge on any atom is -0.497 e. The van der Waals surface area contributed by atoms with Gasteiger partial charge in [-0.05, 0) is 86.5 Å². The van der Waals surface area contributed by atoms with Crippen LogP contribution < -0.4 is 14.4 Å². The number of sulfonamides is 1. The van der Waals surface area contributed by atoms with Gasteiger partial charge in [-0.25, -0.2) is 12.8 Å². The highest BCUT2D eigenvalue weighted by Gasteiger charge is 2.35. The van der Waals surface area contributed by atoms with Crippen LogP contribution in [0.25, 0.3) is 0 Å². The number of hydrogen-bond donors (Lipinski definition) is 1. The fraction of sp³-hybridized carbons (Fsp3) is 0.257. The van der Waals surface area contributed by atoms with Crippen molar-refractivity contribution in [2.75, 3.05) is 18.0 Å². The van der Waals surface area contributed by atoms with Crippen LogP contribution in [0, 0.1) is 5.82 Å². The SMILES string of the molecule is COc1ccc(S(=O)(=O)N(CC(=O)N(Cc2ccc(F)cc2)[C@H](Cc2ccccc2)C(=O)NC(C)(C)C)c2cccc(Cl)c2)cc1. The molecule has 8 nitrogen and oxygen atoms in total. The summed E-state index contributed by atoms with van der Waals surface area (Å²) >= 11 is 6.27. The van der Waals surface area contributed by atoms with Gasteiger partial charge < -0.3 is 15.0 Å². The van der Waals surface area contributed by atoms with Crippen molar-refractivity contribution in [2.45, 2.75) is 50.2 Å². The van der Waals surface area contributed by atoms with Gasteiger partial charge in [-0.15, -0.1) is 0 Å². The third-order valence-electron chi connectivity index (χ3n) is 7.06. The lowest BCUT2D eigenvalue weighted by Crippen LogP contribution is -2.56. The molecule has 0 saturated carbocycles. The number of hydrogen-bond acceptors (Lipinski definition) is 5. The molecule has 1 atom stereocenters. The second kappa shape index (κ2) is 14.8. The highest BCUT2D eigenvalue weighted by Crippen LogP contribution is 2.28. The molecule has 0 heterocycles. The number of methoxy groups -OCH3 is 1. The van der Waals surface area contributed by atoms with Crippen LogP contribution in [-0.4, -0.2) is 50.4 Å². The second-order valence-electron chi connectivity index (χ2n) is 11.8. The van der Waals surface area contributed by atoms with Crippen LogP contribution in [0.15, 0.2) is 108 Å². The van der Waals surface area contributed by atoms with Crippen LogP contribution in [0.4, 0.5) is 10.1 Å². The van der Waals surface area contributed by atoms with Crippen molar-refractivity contribution < 1.29 is 27.1 Å². The van der Waals surface area contributed by atoms with Crippen LogP contribution in [0.3, 0.4) is 0 Å². The fourth-order valence-electron chi connectivity index (χ4n) is 4.83. The van der Waals surface area contributed by atoms with E-state index in [2.05, 4.69) is 5.32 Å². The zero-order valence-electron chi connectivity index (χ0n) is 26.1. The topological polar surface area (TPSA) is 96.0 Å². The van der Waals surface area contributed by atoms with Crippen LogP contribution >= 0.6 is 11.6 Å². The molecule has 4 aromatic rings. The smallest absolute Gasteiger partial charge is 0.264 e. The van der Waals surface area contributed by atoms with Crippen LogP contribution in [-0.2, 0) is 32.6 Å². The van der Waals surface area contributed by atoms with E-state index >= 15 is 0 Å². The van der Waals surface area contributed by atoms with E-state index in [1.165, 1.54) is 72.7 Å². The van der Waals surface area contributed by atoms with Crippen LogP contribution in [0.5, 0.6) is 5.75 Å². The van der Waals surface area contributed by atoms with Crippen molar-refractivity contribution in [3.8, 4) is 5.75 Å². The van der Waals surface area contributed by atoms with Gasteiger partial charge in [0.2, 0.25) is 11.8 Å². The monoisotopic (exact) mass is 665 g/mol. The molecule has 0 radical (unpaired) electrons. The van der Waals surface area contributed by atoms with Gasteiger partial charge >= 0.3 is 0 Å². The Balaban J connectivity index is 1.81. The van der Waals surface area contributed by atoms with Gasteiger partial charge in [0.05, 0.1) is 17.7 Å². The van der Waals surface area contributed by atoms with E-state index in [1.807, 2.05) is 51.1 Å². The van der Waals surface area contributed by atoms with Crippen molar-refractivity contribution in [1.82, 2.24) is 10.2 Å². The van der Waals surface area contributed by atoms with E-state index in [1.54, 1.807) is 12.1 Å². The summed E-state index contributed by atoms with van der Waals surface area (Å²) in [6.45, 7) is 4.76. The summed E-state index contributed by atoms with van der Waals surface area (Å²) in [5, 5.41) is 3.25. The molecular formula is C35H37ClFN3O5S. The number of anilines is 1. The molecule has 2 amide bonds. The molecule has 1 N–H and O–H groups in total. The van der Waals surface area contributed by atoms with Gasteiger partial charge in [0, 0.05) is 23.5 Å². The van der Waals surface area contributed by atoms with E-state index < -0.39 is 45.8 Å². The number of ether oxygens (including phenoxy) is 1. The number of nitrogens with one attached hydrogen (secondary N) is 1. The summed E-state index contributed by atoms with van der Waals surface area (Å²) in [5.74, 6) is -1.06. The summed E-state index contributed by atoms with van der Waals surface area (Å²) in [6, 6.07) is 25.8. The van der Waals surface area contributed by atoms with E-state index in [-0.39, 0.29) is 28.6 Å². The number of carbonyl (C=O) groups excluding carboxylic acids is 2. The third-order valence-corrected chi connectivity index (χ3v) is 9.08. The first-order valence-corrected chi connectivity index (χ1v) is 16.4. The third kappa shape index (κ3) is 9.08. The van der Waals surface area contributed by atoms with Gasteiger partial charge in [-0.2, -0.15) is 0 Å². The number of amides is 2. The first kappa shape index (κ1) is 34.5. The number of nitrogens with zero attached hydrogens (tertiary/aromatic N) is 2. The Morgan fingerprint density at radius 3 is 2.13 bits per heavy atom. The molecule has 0 aliphatic heterocycles. The maximum Gasteiger partial charge on any atom is 0.264 e. The van der Waals surface area contributed by atoms with Crippen LogP contribution in [0.2, 0.25) is 5.02 Å². The molecular weight excluding hydrogens is 629 g/mol. The maximum atomic E-state index is 14.5. The lowest BCUT2D eigenvalue weighted by atomic mass is 10.0. The molecule has 4 aromatic carbocycles. The predicted octanol–water partition coefficient (Wildman–Crippen LogP) is 6.24. The molecule has 242 valence electrons. The van der Waals surface area contributed by atoms with Gasteiger partial charge in [-0.1, -0.05) is 60.1 Å². The Morgan fingerprint density at radius 1 is 0.891 bits per heavy atom. The van der Waals surface area contributed by atoms with Gasteiger partial charge in [0.15, 0.2) is 0 Å². The maximum absolute atomic E-state index is 14.5. The molecule has 0 bridgehead atoms.